The number of benzene rings is 1. The minimum Gasteiger partial charge on any atom is -0.543 e. The number of nitrogens with zero attached hydrogens (tertiary/aromatic N) is 1. The van der Waals surface area contributed by atoms with Crippen molar-refractivity contribution in [3.8, 4) is 0 Å². The molecule has 0 N–H and O–H groups in total. The first kappa shape index (κ1) is 8.74. The van der Waals surface area contributed by atoms with Crippen LogP contribution in [0.4, 0.5) is 4.39 Å². The molecule has 2 rings (SSSR count). The average molecular weight is 192 g/mol. The molecule has 1 heterocycles. The lowest BCUT2D eigenvalue weighted by Gasteiger charge is -2.03. The highest BCUT2D eigenvalue weighted by atomic mass is 19.1. The Morgan fingerprint density at radius 1 is 1.43 bits per heavy atom. The average Bonchev–Trinajstić information content (AvgIpc) is 2.43. The van der Waals surface area contributed by atoms with E-state index in [2.05, 4.69) is 0 Å². The summed E-state index contributed by atoms with van der Waals surface area (Å²) in [5.41, 5.74) is 0.719. The van der Waals surface area contributed by atoms with Crippen molar-refractivity contribution in [3.63, 3.8) is 0 Å². The summed E-state index contributed by atoms with van der Waals surface area (Å²) in [6, 6.07) is 5.52. The molecule has 1 aromatic heterocycles. The minimum atomic E-state index is -1.26. The van der Waals surface area contributed by atoms with Gasteiger partial charge in [0.15, 0.2) is 0 Å². The van der Waals surface area contributed by atoms with Gasteiger partial charge in [0, 0.05) is 18.0 Å². The van der Waals surface area contributed by atoms with Gasteiger partial charge in [-0.25, -0.2) is 4.39 Å². The molecule has 0 amide bonds. The Morgan fingerprint density at radius 3 is 2.79 bits per heavy atom. The fraction of sp³-hybridized carbons (Fsp3) is 0.100. The number of carboxylic acids is 1. The van der Waals surface area contributed by atoms with Crippen molar-refractivity contribution in [1.29, 1.82) is 0 Å². The second kappa shape index (κ2) is 2.83. The first-order valence-electron chi connectivity index (χ1n) is 4.06. The molecule has 0 saturated carbocycles. The Bertz CT molecular complexity index is 516. The van der Waals surface area contributed by atoms with Gasteiger partial charge >= 0.3 is 0 Å². The molecule has 0 aliphatic carbocycles. The third-order valence-electron chi connectivity index (χ3n) is 2.21. The molecule has 0 spiro atoms. The normalized spacial score (nSPS) is 10.7. The van der Waals surface area contributed by atoms with E-state index in [1.54, 1.807) is 7.05 Å². The molecular formula is C10H7FNO2-. The standard InChI is InChI=1S/C10H8FNO2/c1-12-8-3-2-7(11)4-6(8)5-9(12)10(13)14/h2-5H,1H3,(H,13,14)/p-1. The number of fused-ring (bicyclic) bond motifs is 1. The highest BCUT2D eigenvalue weighted by molar-refractivity contribution is 5.93. The summed E-state index contributed by atoms with van der Waals surface area (Å²) in [7, 11) is 1.60. The number of aromatic nitrogens is 1. The maximum absolute atomic E-state index is 12.8. The van der Waals surface area contributed by atoms with Crippen LogP contribution in [0.5, 0.6) is 0 Å². The van der Waals surface area contributed by atoms with E-state index in [9.17, 15) is 14.3 Å². The van der Waals surface area contributed by atoms with Crippen LogP contribution in [-0.4, -0.2) is 10.5 Å². The lowest BCUT2D eigenvalue weighted by molar-refractivity contribution is -0.255. The number of carbonyl (C=O) groups is 1. The number of aryl methyl sites for hydroxylation is 1. The van der Waals surface area contributed by atoms with Gasteiger partial charge in [-0.1, -0.05) is 0 Å². The first-order valence-corrected chi connectivity index (χ1v) is 4.06. The van der Waals surface area contributed by atoms with E-state index < -0.39 is 5.97 Å². The summed E-state index contributed by atoms with van der Waals surface area (Å²) in [5, 5.41) is 11.2. The van der Waals surface area contributed by atoms with E-state index in [1.165, 1.54) is 28.8 Å². The molecule has 0 saturated heterocycles. The monoisotopic (exact) mass is 192 g/mol. The smallest absolute Gasteiger partial charge is 0.123 e. The van der Waals surface area contributed by atoms with Gasteiger partial charge in [0.1, 0.15) is 5.82 Å². The van der Waals surface area contributed by atoms with Crippen molar-refractivity contribution in [2.75, 3.05) is 0 Å². The van der Waals surface area contributed by atoms with Crippen LogP contribution in [0.2, 0.25) is 0 Å². The van der Waals surface area contributed by atoms with E-state index >= 15 is 0 Å². The molecule has 4 heteroatoms. The van der Waals surface area contributed by atoms with Crippen LogP contribution in [0.25, 0.3) is 10.9 Å². The molecule has 0 fully saturated rings. The molecular weight excluding hydrogens is 185 g/mol. The third-order valence-corrected chi connectivity index (χ3v) is 2.21. The number of aromatic carboxylic acids is 1. The summed E-state index contributed by atoms with van der Waals surface area (Å²) in [6.07, 6.45) is 0. The zero-order valence-electron chi connectivity index (χ0n) is 7.45. The van der Waals surface area contributed by atoms with Crippen molar-refractivity contribution >= 4 is 16.9 Å². The Balaban J connectivity index is 2.79. The van der Waals surface area contributed by atoms with E-state index in [0.717, 1.165) is 0 Å². The van der Waals surface area contributed by atoms with E-state index in [-0.39, 0.29) is 11.5 Å². The molecule has 0 radical (unpaired) electrons. The van der Waals surface area contributed by atoms with Crippen LogP contribution in [0.15, 0.2) is 24.3 Å². The topological polar surface area (TPSA) is 45.1 Å². The molecule has 72 valence electrons. The molecule has 0 bridgehead atoms. The quantitative estimate of drug-likeness (QED) is 0.667. The van der Waals surface area contributed by atoms with Crippen LogP contribution in [-0.2, 0) is 7.05 Å². The number of halogens is 1. The fourth-order valence-corrected chi connectivity index (χ4v) is 1.52. The lowest BCUT2D eigenvalue weighted by Crippen LogP contribution is -2.24. The molecule has 0 atom stereocenters. The largest absolute Gasteiger partial charge is 0.543 e. The second-order valence-electron chi connectivity index (χ2n) is 3.08. The van der Waals surface area contributed by atoms with Crippen molar-refractivity contribution in [2.24, 2.45) is 7.05 Å². The van der Waals surface area contributed by atoms with Gasteiger partial charge in [-0.2, -0.15) is 0 Å². The summed E-state index contributed by atoms with van der Waals surface area (Å²) >= 11 is 0. The van der Waals surface area contributed by atoms with Crippen molar-refractivity contribution < 1.29 is 14.3 Å². The summed E-state index contributed by atoms with van der Waals surface area (Å²) in [6.45, 7) is 0. The Labute approximate surface area is 79.4 Å². The van der Waals surface area contributed by atoms with Crippen LogP contribution in [0, 0.1) is 5.82 Å². The third kappa shape index (κ3) is 1.16. The summed E-state index contributed by atoms with van der Waals surface area (Å²) in [5.74, 6) is -1.64. The summed E-state index contributed by atoms with van der Waals surface area (Å²) in [4.78, 5) is 10.7. The molecule has 0 aliphatic heterocycles. The molecule has 1 aromatic carbocycles. The number of hydrogen-bond donors (Lipinski definition) is 0. The van der Waals surface area contributed by atoms with Gasteiger partial charge in [0.2, 0.25) is 0 Å². The highest BCUT2D eigenvalue weighted by Gasteiger charge is 2.06. The lowest BCUT2D eigenvalue weighted by atomic mass is 10.2. The predicted octanol–water partition coefficient (Wildman–Crippen LogP) is 0.681. The molecule has 3 nitrogen and oxygen atoms in total. The highest BCUT2D eigenvalue weighted by Crippen LogP contribution is 2.19. The number of carbonyl (C=O) groups excluding carboxylic acids is 1. The van der Waals surface area contributed by atoms with Gasteiger partial charge in [-0.3, -0.25) is 0 Å². The van der Waals surface area contributed by atoms with Crippen molar-refractivity contribution in [2.45, 2.75) is 0 Å². The van der Waals surface area contributed by atoms with Gasteiger partial charge in [0.05, 0.1) is 11.7 Å². The van der Waals surface area contributed by atoms with Crippen LogP contribution >= 0.6 is 0 Å². The van der Waals surface area contributed by atoms with Crippen LogP contribution < -0.4 is 5.11 Å². The maximum atomic E-state index is 12.8. The first-order chi connectivity index (χ1) is 6.59. The van der Waals surface area contributed by atoms with Gasteiger partial charge < -0.3 is 14.5 Å². The van der Waals surface area contributed by atoms with Crippen molar-refractivity contribution in [1.82, 2.24) is 4.57 Å². The van der Waals surface area contributed by atoms with Crippen molar-refractivity contribution in [3.05, 3.63) is 35.8 Å². The van der Waals surface area contributed by atoms with E-state index in [1.807, 2.05) is 0 Å². The Hall–Kier alpha value is -1.84. The van der Waals surface area contributed by atoms with Gasteiger partial charge in [0.25, 0.3) is 0 Å². The Morgan fingerprint density at radius 2 is 2.14 bits per heavy atom. The minimum absolute atomic E-state index is 0.0469. The zero-order valence-corrected chi connectivity index (χ0v) is 7.45. The summed E-state index contributed by atoms with van der Waals surface area (Å²) < 4.78 is 14.3. The maximum Gasteiger partial charge on any atom is 0.123 e. The van der Waals surface area contributed by atoms with Crippen LogP contribution in [0.3, 0.4) is 0 Å². The van der Waals surface area contributed by atoms with E-state index in [0.29, 0.717) is 10.9 Å². The fourth-order valence-electron chi connectivity index (χ4n) is 1.52. The molecule has 14 heavy (non-hydrogen) atoms. The van der Waals surface area contributed by atoms with E-state index in [4.69, 9.17) is 0 Å². The molecule has 2 aromatic rings. The zero-order chi connectivity index (χ0) is 10.3. The molecule has 0 unspecified atom stereocenters. The number of carboxylic acid groups (broad SMARTS) is 1. The van der Waals surface area contributed by atoms with Gasteiger partial charge in [-0.05, 0) is 24.3 Å². The number of rotatable bonds is 1. The molecule has 0 aliphatic rings. The van der Waals surface area contributed by atoms with Gasteiger partial charge in [-0.15, -0.1) is 0 Å². The van der Waals surface area contributed by atoms with Crippen LogP contribution in [0.1, 0.15) is 10.5 Å². The number of hydrogen-bond acceptors (Lipinski definition) is 2. The Kier molecular flexibility index (Phi) is 1.77. The predicted molar refractivity (Wildman–Crippen MR) is 47.2 cm³/mol. The SMILES string of the molecule is Cn1c(C(=O)[O-])cc2cc(F)ccc21. The second-order valence-corrected chi connectivity index (χ2v) is 3.08.